The van der Waals surface area contributed by atoms with E-state index in [0.29, 0.717) is 33.4 Å². The fourth-order valence-corrected chi connectivity index (χ4v) is 6.93. The summed E-state index contributed by atoms with van der Waals surface area (Å²) in [5, 5.41) is 43.9. The second kappa shape index (κ2) is 11.1. The van der Waals surface area contributed by atoms with Crippen LogP contribution in [0.15, 0.2) is 115 Å². The average Bonchev–Trinajstić information content (AvgIpc) is 3.65. The van der Waals surface area contributed by atoms with E-state index in [2.05, 4.69) is 18.2 Å². The molecule has 0 aliphatic carbocycles. The standard InChI is InChI=1S/C41H19F3N6/c42-41(43,44)28-16-26(22-47)15-27(19-28)29-13-14-37(49-35-7-3-1-5-30(35)32-11-9-24(20-45)17-38(32)49)34(23-48)40(29)50-36-8-4-2-6-31(36)33-12-10-25(21-46)18-39(33)50/h1-19H. The molecule has 0 aliphatic heterocycles. The molecule has 50 heavy (non-hydrogen) atoms. The molecule has 0 N–H and O–H groups in total. The van der Waals surface area contributed by atoms with Gasteiger partial charge in [-0.25, -0.2) is 0 Å². The van der Waals surface area contributed by atoms with E-state index in [1.165, 1.54) is 6.07 Å². The van der Waals surface area contributed by atoms with E-state index in [1.54, 1.807) is 36.4 Å². The van der Waals surface area contributed by atoms with Crippen LogP contribution >= 0.6 is 0 Å². The van der Waals surface area contributed by atoms with E-state index in [0.717, 1.165) is 39.2 Å². The zero-order valence-corrected chi connectivity index (χ0v) is 25.8. The molecule has 0 saturated heterocycles. The molecule has 234 valence electrons. The highest BCUT2D eigenvalue weighted by atomic mass is 19.4. The Hall–Kier alpha value is -7.33. The van der Waals surface area contributed by atoms with Gasteiger partial charge in [0.15, 0.2) is 0 Å². The zero-order chi connectivity index (χ0) is 34.7. The molecule has 9 heteroatoms. The third-order valence-electron chi connectivity index (χ3n) is 9.04. The van der Waals surface area contributed by atoms with Crippen molar-refractivity contribution in [1.29, 1.82) is 21.0 Å². The van der Waals surface area contributed by atoms with E-state index in [1.807, 2.05) is 75.9 Å². The molecule has 2 aromatic heterocycles. The van der Waals surface area contributed by atoms with E-state index >= 15 is 0 Å². The molecule has 0 unspecified atom stereocenters. The van der Waals surface area contributed by atoms with Crippen molar-refractivity contribution >= 4 is 43.6 Å². The quantitative estimate of drug-likeness (QED) is 0.189. The van der Waals surface area contributed by atoms with Gasteiger partial charge < -0.3 is 9.13 Å². The van der Waals surface area contributed by atoms with Crippen molar-refractivity contribution in [3.63, 3.8) is 0 Å². The van der Waals surface area contributed by atoms with Gasteiger partial charge in [-0.15, -0.1) is 0 Å². The molecule has 0 spiro atoms. The number of aromatic nitrogens is 2. The maximum Gasteiger partial charge on any atom is 0.416 e. The maximum absolute atomic E-state index is 14.2. The molecule has 2 heterocycles. The number of nitriles is 4. The van der Waals surface area contributed by atoms with Gasteiger partial charge in [0.1, 0.15) is 11.6 Å². The van der Waals surface area contributed by atoms with Crippen molar-refractivity contribution in [2.45, 2.75) is 6.18 Å². The molecule has 0 aliphatic rings. The number of alkyl halides is 3. The third kappa shape index (κ3) is 4.47. The van der Waals surface area contributed by atoms with Gasteiger partial charge >= 0.3 is 6.18 Å². The number of hydrogen-bond acceptors (Lipinski definition) is 4. The molecule has 0 bridgehead atoms. The van der Waals surface area contributed by atoms with Crippen LogP contribution in [-0.2, 0) is 6.18 Å². The summed E-state index contributed by atoms with van der Waals surface area (Å²) >= 11 is 0. The molecule has 6 aromatic carbocycles. The molecule has 0 radical (unpaired) electrons. The number of hydrogen-bond donors (Lipinski definition) is 0. The van der Waals surface area contributed by atoms with Crippen molar-refractivity contribution < 1.29 is 13.2 Å². The Morgan fingerprint density at radius 3 is 1.58 bits per heavy atom. The van der Waals surface area contributed by atoms with Crippen molar-refractivity contribution in [3.05, 3.63) is 143 Å². The lowest BCUT2D eigenvalue weighted by atomic mass is 9.95. The van der Waals surface area contributed by atoms with Gasteiger partial charge in [-0.3, -0.25) is 0 Å². The highest BCUT2D eigenvalue weighted by Crippen LogP contribution is 2.43. The minimum absolute atomic E-state index is 0.0887. The predicted molar refractivity (Wildman–Crippen MR) is 184 cm³/mol. The summed E-state index contributed by atoms with van der Waals surface area (Å²) in [5.41, 5.74) is 3.44. The van der Waals surface area contributed by atoms with Crippen LogP contribution in [-0.4, -0.2) is 9.13 Å². The SMILES string of the molecule is N#Cc1cc(-c2ccc(-n3c4ccccc4c4ccc(C#N)cc43)c(C#N)c2-n2c3ccccc3c3ccc(C#N)cc32)cc(C(F)(F)F)c1. The number of nitrogens with zero attached hydrogens (tertiary/aromatic N) is 6. The normalized spacial score (nSPS) is 11.4. The number of halogens is 3. The molecular formula is C41H19F3N6. The smallest absolute Gasteiger partial charge is 0.308 e. The van der Waals surface area contributed by atoms with Gasteiger partial charge in [-0.2, -0.15) is 34.2 Å². The zero-order valence-electron chi connectivity index (χ0n) is 25.8. The first-order valence-corrected chi connectivity index (χ1v) is 15.3. The molecule has 0 fully saturated rings. The van der Waals surface area contributed by atoms with Gasteiger partial charge in [-0.05, 0) is 66.2 Å². The van der Waals surface area contributed by atoms with Gasteiger partial charge in [0.05, 0.1) is 73.9 Å². The summed E-state index contributed by atoms with van der Waals surface area (Å²) < 4.78 is 46.3. The highest BCUT2D eigenvalue weighted by Gasteiger charge is 2.32. The maximum atomic E-state index is 14.2. The van der Waals surface area contributed by atoms with Crippen LogP contribution < -0.4 is 0 Å². The van der Waals surface area contributed by atoms with E-state index in [4.69, 9.17) is 0 Å². The van der Waals surface area contributed by atoms with Crippen LogP contribution in [0.1, 0.15) is 27.8 Å². The topological polar surface area (TPSA) is 105 Å². The summed E-state index contributed by atoms with van der Waals surface area (Å²) in [6.45, 7) is 0. The molecule has 0 atom stereocenters. The summed E-state index contributed by atoms with van der Waals surface area (Å²) in [4.78, 5) is 0. The first kappa shape index (κ1) is 30.0. The number of rotatable bonds is 3. The summed E-state index contributed by atoms with van der Waals surface area (Å²) in [5.74, 6) is 0. The van der Waals surface area contributed by atoms with Crippen LogP contribution in [0.3, 0.4) is 0 Å². The van der Waals surface area contributed by atoms with Crippen molar-refractivity contribution in [1.82, 2.24) is 9.13 Å². The Labute approximate surface area is 282 Å². The highest BCUT2D eigenvalue weighted by molar-refractivity contribution is 6.12. The molecule has 0 saturated carbocycles. The Balaban J connectivity index is 1.59. The second-order valence-corrected chi connectivity index (χ2v) is 11.8. The van der Waals surface area contributed by atoms with E-state index < -0.39 is 11.7 Å². The van der Waals surface area contributed by atoms with Gasteiger partial charge in [-0.1, -0.05) is 54.6 Å². The lowest BCUT2D eigenvalue weighted by Gasteiger charge is -2.20. The van der Waals surface area contributed by atoms with Crippen LogP contribution in [0.4, 0.5) is 13.2 Å². The fraction of sp³-hybridized carbons (Fsp3) is 0.0244. The Bertz CT molecular complexity index is 2920. The van der Waals surface area contributed by atoms with Crippen LogP contribution in [0.5, 0.6) is 0 Å². The van der Waals surface area contributed by atoms with Crippen molar-refractivity contribution in [2.75, 3.05) is 0 Å². The van der Waals surface area contributed by atoms with Gasteiger partial charge in [0.2, 0.25) is 0 Å². The Morgan fingerprint density at radius 2 is 1.02 bits per heavy atom. The average molecular weight is 653 g/mol. The monoisotopic (exact) mass is 652 g/mol. The summed E-state index contributed by atoms with van der Waals surface area (Å²) in [6, 6.07) is 40.7. The molecule has 8 aromatic rings. The van der Waals surface area contributed by atoms with Crippen LogP contribution in [0, 0.1) is 45.3 Å². The van der Waals surface area contributed by atoms with Crippen LogP contribution in [0.2, 0.25) is 0 Å². The summed E-state index contributed by atoms with van der Waals surface area (Å²) in [7, 11) is 0. The first-order valence-electron chi connectivity index (χ1n) is 15.3. The third-order valence-corrected chi connectivity index (χ3v) is 9.04. The van der Waals surface area contributed by atoms with Crippen molar-refractivity contribution in [2.24, 2.45) is 0 Å². The molecule has 8 rings (SSSR count). The largest absolute Gasteiger partial charge is 0.416 e. The minimum atomic E-state index is -4.74. The fourth-order valence-electron chi connectivity index (χ4n) is 6.93. The number of fused-ring (bicyclic) bond motifs is 6. The molecular weight excluding hydrogens is 633 g/mol. The van der Waals surface area contributed by atoms with E-state index in [9.17, 15) is 34.2 Å². The van der Waals surface area contributed by atoms with E-state index in [-0.39, 0.29) is 27.9 Å². The second-order valence-electron chi connectivity index (χ2n) is 11.8. The number of para-hydroxylation sites is 2. The lowest BCUT2D eigenvalue weighted by molar-refractivity contribution is -0.137. The Morgan fingerprint density at radius 1 is 0.480 bits per heavy atom. The first-order chi connectivity index (χ1) is 24.2. The predicted octanol–water partition coefficient (Wildman–Crippen LogP) is 10.1. The van der Waals surface area contributed by atoms with Crippen LogP contribution in [0.25, 0.3) is 66.1 Å². The number of benzene rings is 6. The molecule has 0 amide bonds. The molecule has 6 nitrogen and oxygen atoms in total. The van der Waals surface area contributed by atoms with Gasteiger partial charge in [0.25, 0.3) is 0 Å². The lowest BCUT2D eigenvalue weighted by Crippen LogP contribution is -2.08. The van der Waals surface area contributed by atoms with Crippen molar-refractivity contribution in [3.8, 4) is 46.8 Å². The van der Waals surface area contributed by atoms with Gasteiger partial charge in [0, 0.05) is 27.1 Å². The minimum Gasteiger partial charge on any atom is -0.308 e. The Kier molecular flexibility index (Phi) is 6.69. The summed E-state index contributed by atoms with van der Waals surface area (Å²) in [6.07, 6.45) is -4.74.